The Morgan fingerprint density at radius 3 is 2.16 bits per heavy atom. The second-order valence-electron chi connectivity index (χ2n) is 19.2. The predicted octanol–water partition coefficient (Wildman–Crippen LogP) is 9.37. The highest BCUT2D eigenvalue weighted by Gasteiger charge is 2.43. The molecule has 2 aliphatic carbocycles. The molecule has 12 nitrogen and oxygen atoms in total. The Hall–Kier alpha value is -5.49. The Morgan fingerprint density at radius 1 is 0.823 bits per heavy atom. The number of nitrogens with zero attached hydrogens (tertiary/aromatic N) is 4. The van der Waals surface area contributed by atoms with Crippen LogP contribution in [0.5, 0.6) is 0 Å². The van der Waals surface area contributed by atoms with E-state index in [-0.39, 0.29) is 41.8 Å². The van der Waals surface area contributed by atoms with Crippen LogP contribution >= 0.6 is 0 Å². The smallest absolute Gasteiger partial charge is 0.407 e. The third-order valence-corrected chi connectivity index (χ3v) is 14.5. The van der Waals surface area contributed by atoms with Crippen LogP contribution in [-0.2, 0) is 14.3 Å². The number of hydrogen-bond donors (Lipinski definition) is 4. The number of aromatic nitrogens is 4. The van der Waals surface area contributed by atoms with Crippen LogP contribution in [-0.4, -0.2) is 79.4 Å². The Balaban J connectivity index is 0.978. The summed E-state index contributed by atoms with van der Waals surface area (Å²) in [5.41, 5.74) is 18.1. The molecule has 8 atom stereocenters. The van der Waals surface area contributed by atoms with Crippen molar-refractivity contribution in [2.75, 3.05) is 13.7 Å². The zero-order valence-corrected chi connectivity index (χ0v) is 37.2. The van der Waals surface area contributed by atoms with E-state index in [1.54, 1.807) is 0 Å². The number of amides is 3. The van der Waals surface area contributed by atoms with Crippen molar-refractivity contribution in [1.82, 2.24) is 35.1 Å². The Morgan fingerprint density at radius 2 is 1.50 bits per heavy atom. The molecule has 62 heavy (non-hydrogen) atoms. The number of H-pyrrole nitrogens is 2. The molecule has 2 bridgehead atoms. The molecule has 2 aliphatic heterocycles. The summed E-state index contributed by atoms with van der Waals surface area (Å²) < 4.78 is 4.87. The standard InChI is InChI=1S/C50H62N8O4/c1-8-34-16-20-40(58(34)49(60)45(27(4)5)56-50(61)62-7)47-53-37-19-15-31(23-38(37)54-47)36-18-17-35(42-32-13-14-33(22-32)43(36)42)29-9-11-30(12-10-29)39-24-52-46(55-39)41-21-28(6)25-57(41)48(59)44(51)26(2)3/h9-12,15,17-19,23-24,26-28,32-34,40-41,44-45H,8,13-14,16,20-22,25,51H2,1-7H3,(H,52,55)(H,53,54)(H,56,61)/t28-,32?,33?,34-,40-,41-,44-,45-/m0/s1. The van der Waals surface area contributed by atoms with E-state index in [1.807, 2.05) is 43.7 Å². The topological polar surface area (TPSA) is 162 Å². The first kappa shape index (κ1) is 41.8. The van der Waals surface area contributed by atoms with Crippen LogP contribution in [0.4, 0.5) is 4.79 Å². The summed E-state index contributed by atoms with van der Waals surface area (Å²) in [6, 6.07) is 18.5. The van der Waals surface area contributed by atoms with Gasteiger partial charge in [0.05, 0.1) is 48.2 Å². The minimum atomic E-state index is -0.692. The van der Waals surface area contributed by atoms with Crippen molar-refractivity contribution in [2.24, 2.45) is 23.5 Å². The maximum absolute atomic E-state index is 14.1. The maximum Gasteiger partial charge on any atom is 0.407 e. The zero-order valence-electron chi connectivity index (χ0n) is 37.2. The number of nitrogens with one attached hydrogen (secondary N) is 3. The summed E-state index contributed by atoms with van der Waals surface area (Å²) in [5, 5.41) is 2.79. The van der Waals surface area contributed by atoms with E-state index in [1.165, 1.54) is 59.8 Å². The van der Waals surface area contributed by atoms with Gasteiger partial charge in [0.2, 0.25) is 11.8 Å². The molecule has 2 saturated heterocycles. The number of ether oxygens (including phenoxy) is 1. The van der Waals surface area contributed by atoms with Crippen molar-refractivity contribution in [1.29, 1.82) is 0 Å². The minimum Gasteiger partial charge on any atom is -0.453 e. The van der Waals surface area contributed by atoms with E-state index >= 15 is 0 Å². The van der Waals surface area contributed by atoms with Crippen LogP contribution < -0.4 is 11.1 Å². The van der Waals surface area contributed by atoms with Gasteiger partial charge in [-0.15, -0.1) is 0 Å². The SMILES string of the molecule is CC[C@H]1CC[C@@H](c2nc3ccc(-c4ccc(-c5ccc(-c6cnc([C@@H]7C[C@H](C)CN7C(=O)[C@@H](N)C(C)C)[nH]6)cc5)c5c4C4CCC5C4)cc3[nH]2)N1C(=O)[C@@H](NC(=O)OC)C(C)C. The molecule has 5 N–H and O–H groups in total. The third-order valence-electron chi connectivity index (χ3n) is 14.5. The molecule has 3 fully saturated rings. The summed E-state index contributed by atoms with van der Waals surface area (Å²) in [4.78, 5) is 60.7. The number of carbonyl (C=O) groups excluding carboxylic acids is 3. The van der Waals surface area contributed by atoms with Gasteiger partial charge in [0.25, 0.3) is 0 Å². The molecule has 1 saturated carbocycles. The first-order chi connectivity index (χ1) is 29.8. The van der Waals surface area contributed by atoms with Gasteiger partial charge in [0.1, 0.15) is 17.7 Å². The number of nitrogens with two attached hydrogens (primary N) is 1. The van der Waals surface area contributed by atoms with Crippen LogP contribution in [0.25, 0.3) is 44.5 Å². The van der Waals surface area contributed by atoms with Crippen LogP contribution in [0.3, 0.4) is 0 Å². The number of alkyl carbamates (subject to hydrolysis) is 1. The highest BCUT2D eigenvalue weighted by atomic mass is 16.5. The Kier molecular flexibility index (Phi) is 11.2. The molecule has 4 heterocycles. The van der Waals surface area contributed by atoms with E-state index in [9.17, 15) is 14.4 Å². The maximum atomic E-state index is 14.1. The third kappa shape index (κ3) is 7.37. The summed E-state index contributed by atoms with van der Waals surface area (Å²) in [6.45, 7) is 12.9. The predicted molar refractivity (Wildman–Crippen MR) is 242 cm³/mol. The molecule has 9 rings (SSSR count). The van der Waals surface area contributed by atoms with Crippen LogP contribution in [0.1, 0.15) is 133 Å². The fourth-order valence-electron chi connectivity index (χ4n) is 11.1. The number of rotatable bonds is 11. The van der Waals surface area contributed by atoms with E-state index in [0.29, 0.717) is 24.3 Å². The van der Waals surface area contributed by atoms with Crippen molar-refractivity contribution in [3.63, 3.8) is 0 Å². The van der Waals surface area contributed by atoms with Gasteiger partial charge >= 0.3 is 6.09 Å². The second kappa shape index (κ2) is 16.7. The van der Waals surface area contributed by atoms with Crippen molar-refractivity contribution < 1.29 is 19.1 Å². The summed E-state index contributed by atoms with van der Waals surface area (Å²) >= 11 is 0. The lowest BCUT2D eigenvalue weighted by atomic mass is 9.81. The fraction of sp³-hybridized carbons (Fsp3) is 0.500. The molecule has 5 aromatic rings. The summed E-state index contributed by atoms with van der Waals surface area (Å²) in [5.74, 6) is 2.94. The zero-order chi connectivity index (χ0) is 43.6. The Bertz CT molecular complexity index is 2490. The van der Waals surface area contributed by atoms with Crippen LogP contribution in [0, 0.1) is 17.8 Å². The lowest BCUT2D eigenvalue weighted by Crippen LogP contribution is -2.53. The largest absolute Gasteiger partial charge is 0.453 e. The number of likely N-dealkylation sites (tertiary alicyclic amines) is 2. The second-order valence-corrected chi connectivity index (χ2v) is 19.2. The summed E-state index contributed by atoms with van der Waals surface area (Å²) in [6.07, 6.45) is 8.28. The average Bonchev–Trinajstić information content (AvgIpc) is 4.14. The molecule has 0 spiro atoms. The van der Waals surface area contributed by atoms with E-state index in [4.69, 9.17) is 20.4 Å². The van der Waals surface area contributed by atoms with Gasteiger partial charge in [0, 0.05) is 12.6 Å². The summed E-state index contributed by atoms with van der Waals surface area (Å²) in [7, 11) is 1.32. The average molecular weight is 839 g/mol. The molecule has 2 unspecified atom stereocenters. The molecule has 4 aliphatic rings. The van der Waals surface area contributed by atoms with Crippen molar-refractivity contribution in [2.45, 2.75) is 129 Å². The first-order valence-electron chi connectivity index (χ1n) is 22.9. The van der Waals surface area contributed by atoms with Gasteiger partial charge in [0.15, 0.2) is 0 Å². The molecule has 0 radical (unpaired) electrons. The van der Waals surface area contributed by atoms with Crippen molar-refractivity contribution in [3.8, 4) is 33.5 Å². The molecule has 12 heteroatoms. The molecular formula is C50H62N8O4. The van der Waals surface area contributed by atoms with Gasteiger partial charge < -0.3 is 35.6 Å². The fourth-order valence-corrected chi connectivity index (χ4v) is 11.1. The van der Waals surface area contributed by atoms with E-state index in [2.05, 4.69) is 83.7 Å². The van der Waals surface area contributed by atoms with Crippen molar-refractivity contribution >= 4 is 28.9 Å². The number of fused-ring (bicyclic) bond motifs is 6. The highest BCUT2D eigenvalue weighted by molar-refractivity contribution is 5.88. The van der Waals surface area contributed by atoms with Gasteiger partial charge in [-0.1, -0.05) is 84.0 Å². The minimum absolute atomic E-state index is 0.00107. The molecule has 3 amide bonds. The molecule has 2 aromatic heterocycles. The quantitative estimate of drug-likeness (QED) is 0.103. The molecular weight excluding hydrogens is 777 g/mol. The number of aromatic amines is 2. The number of carbonyl (C=O) groups is 3. The first-order valence-corrected chi connectivity index (χ1v) is 22.9. The highest BCUT2D eigenvalue weighted by Crippen LogP contribution is 2.58. The van der Waals surface area contributed by atoms with Gasteiger partial charge in [-0.2, -0.15) is 0 Å². The van der Waals surface area contributed by atoms with E-state index < -0.39 is 18.2 Å². The Labute approximate surface area is 364 Å². The van der Waals surface area contributed by atoms with Crippen LogP contribution in [0.15, 0.2) is 60.8 Å². The monoisotopic (exact) mass is 838 g/mol. The van der Waals surface area contributed by atoms with E-state index in [0.717, 1.165) is 59.6 Å². The number of benzene rings is 3. The number of imidazole rings is 2. The molecule has 326 valence electrons. The number of methoxy groups -OCH3 is 1. The lowest BCUT2D eigenvalue weighted by molar-refractivity contribution is -0.138. The van der Waals surface area contributed by atoms with Gasteiger partial charge in [-0.25, -0.2) is 14.8 Å². The molecule has 3 aromatic carbocycles. The van der Waals surface area contributed by atoms with Crippen molar-refractivity contribution in [3.05, 3.63) is 83.6 Å². The van der Waals surface area contributed by atoms with Gasteiger partial charge in [-0.05, 0) is 126 Å². The van der Waals surface area contributed by atoms with Crippen LogP contribution in [0.2, 0.25) is 0 Å². The number of hydrogen-bond acceptors (Lipinski definition) is 7. The lowest BCUT2D eigenvalue weighted by Gasteiger charge is -2.33. The van der Waals surface area contributed by atoms with Gasteiger partial charge in [-0.3, -0.25) is 9.59 Å². The normalized spacial score (nSPS) is 24.0.